The molecule has 0 saturated carbocycles. The van der Waals surface area contributed by atoms with Gasteiger partial charge < -0.3 is 8.83 Å². The number of fused-ring (bicyclic) bond motifs is 10. The Morgan fingerprint density at radius 2 is 0.914 bits per heavy atom. The summed E-state index contributed by atoms with van der Waals surface area (Å²) in [4.78, 5) is 20.7. The zero-order valence-electron chi connectivity index (χ0n) is 30.9. The molecule has 0 fully saturated rings. The van der Waals surface area contributed by atoms with E-state index in [2.05, 4.69) is 127 Å². The first-order chi connectivity index (χ1) is 28.7. The molecule has 0 N–H and O–H groups in total. The minimum Gasteiger partial charge on any atom is -0.456 e. The summed E-state index contributed by atoms with van der Waals surface area (Å²) in [5.41, 5.74) is 8.94. The Labute approximate surface area is 331 Å². The molecule has 12 rings (SSSR count). The maximum atomic E-state index is 6.42. The van der Waals surface area contributed by atoms with Crippen LogP contribution in [0.4, 0.5) is 0 Å². The number of oxazole rings is 1. The van der Waals surface area contributed by atoms with E-state index in [4.69, 9.17) is 28.8 Å². The van der Waals surface area contributed by atoms with Crippen LogP contribution in [-0.2, 0) is 0 Å². The van der Waals surface area contributed by atoms with Crippen molar-refractivity contribution in [2.75, 3.05) is 0 Å². The molecular weight excluding hydrogens is 713 g/mol. The van der Waals surface area contributed by atoms with Gasteiger partial charge in [-0.3, -0.25) is 0 Å². The van der Waals surface area contributed by atoms with Gasteiger partial charge in [0.15, 0.2) is 23.1 Å². The number of hydrogen-bond acceptors (Lipinski definition) is 6. The highest BCUT2D eigenvalue weighted by molar-refractivity contribution is 6.25. The molecule has 3 heterocycles. The maximum absolute atomic E-state index is 6.42. The standard InChI is InChI=1S/C52H30N4O2/c1-3-12-31(13-4-1)33-17-11-18-36(28-33)49-54-50(56-51(55-49)42-30-34-16-7-8-19-38(34)40-20-9-10-21-41(40)42)37-22-24-39-35(29-37)23-25-43-46(39)47-44(57-43)26-27-45-48(47)53-52(58-45)32-14-5-2-6-15-32/h1-30H. The Bertz CT molecular complexity index is 3570. The predicted molar refractivity (Wildman–Crippen MR) is 234 cm³/mol. The monoisotopic (exact) mass is 742 g/mol. The average Bonchev–Trinajstić information content (AvgIpc) is 3.91. The SMILES string of the molecule is c1ccc(-c2cccc(-c3nc(-c4ccc5c(ccc6oc7ccc8oc(-c9ccccc9)nc8c7c65)c4)nc(-c4cc5ccccc5c5ccccc45)n3)c2)cc1. The quantitative estimate of drug-likeness (QED) is 0.163. The molecule has 0 atom stereocenters. The van der Waals surface area contributed by atoms with Crippen molar-refractivity contribution in [2.45, 2.75) is 0 Å². The van der Waals surface area contributed by atoms with Crippen molar-refractivity contribution in [2.24, 2.45) is 0 Å². The summed E-state index contributed by atoms with van der Waals surface area (Å²) in [5, 5.41) is 8.57. The van der Waals surface area contributed by atoms with E-state index in [0.717, 1.165) is 87.8 Å². The van der Waals surface area contributed by atoms with Crippen LogP contribution in [-0.4, -0.2) is 19.9 Å². The predicted octanol–water partition coefficient (Wildman–Crippen LogP) is 13.7. The van der Waals surface area contributed by atoms with Crippen LogP contribution < -0.4 is 0 Å². The van der Waals surface area contributed by atoms with Gasteiger partial charge in [0.25, 0.3) is 0 Å². The number of hydrogen-bond donors (Lipinski definition) is 0. The van der Waals surface area contributed by atoms with Gasteiger partial charge in [-0.15, -0.1) is 0 Å². The number of nitrogens with zero attached hydrogens (tertiary/aromatic N) is 4. The van der Waals surface area contributed by atoms with Gasteiger partial charge in [0.1, 0.15) is 16.7 Å². The van der Waals surface area contributed by atoms with Gasteiger partial charge in [0, 0.05) is 27.6 Å². The molecule has 6 nitrogen and oxygen atoms in total. The Balaban J connectivity index is 1.07. The second-order valence-electron chi connectivity index (χ2n) is 14.6. The lowest BCUT2D eigenvalue weighted by Crippen LogP contribution is -2.01. The molecule has 0 spiro atoms. The number of aromatic nitrogens is 4. The van der Waals surface area contributed by atoms with Gasteiger partial charge >= 0.3 is 0 Å². The highest BCUT2D eigenvalue weighted by atomic mass is 16.4. The van der Waals surface area contributed by atoms with Crippen LogP contribution >= 0.6 is 0 Å². The lowest BCUT2D eigenvalue weighted by atomic mass is 9.96. The molecule has 0 unspecified atom stereocenters. The van der Waals surface area contributed by atoms with E-state index in [9.17, 15) is 0 Å². The summed E-state index contributed by atoms with van der Waals surface area (Å²) in [6.45, 7) is 0. The number of rotatable bonds is 5. The Kier molecular flexibility index (Phi) is 7.13. The summed E-state index contributed by atoms with van der Waals surface area (Å²) in [6.07, 6.45) is 0. The largest absolute Gasteiger partial charge is 0.456 e. The van der Waals surface area contributed by atoms with E-state index in [0.29, 0.717) is 28.9 Å². The van der Waals surface area contributed by atoms with E-state index < -0.39 is 0 Å². The molecule has 0 saturated heterocycles. The topological polar surface area (TPSA) is 77.8 Å². The first kappa shape index (κ1) is 32.3. The van der Waals surface area contributed by atoms with Crippen molar-refractivity contribution in [1.82, 2.24) is 19.9 Å². The van der Waals surface area contributed by atoms with Crippen molar-refractivity contribution < 1.29 is 8.83 Å². The van der Waals surface area contributed by atoms with E-state index in [1.807, 2.05) is 54.6 Å². The van der Waals surface area contributed by atoms with E-state index >= 15 is 0 Å². The molecule has 58 heavy (non-hydrogen) atoms. The van der Waals surface area contributed by atoms with Crippen molar-refractivity contribution in [3.8, 4) is 56.7 Å². The van der Waals surface area contributed by atoms with E-state index in [-0.39, 0.29) is 0 Å². The van der Waals surface area contributed by atoms with Gasteiger partial charge in [-0.2, -0.15) is 0 Å². The fourth-order valence-corrected chi connectivity index (χ4v) is 8.38. The molecule has 0 aliphatic rings. The summed E-state index contributed by atoms with van der Waals surface area (Å²) in [7, 11) is 0. The molecule has 12 aromatic rings. The third-order valence-electron chi connectivity index (χ3n) is 11.1. The first-order valence-corrected chi connectivity index (χ1v) is 19.3. The Morgan fingerprint density at radius 1 is 0.310 bits per heavy atom. The normalized spacial score (nSPS) is 11.8. The smallest absolute Gasteiger partial charge is 0.227 e. The lowest BCUT2D eigenvalue weighted by molar-refractivity contribution is 0.619. The zero-order valence-corrected chi connectivity index (χ0v) is 30.9. The van der Waals surface area contributed by atoms with Crippen LogP contribution in [0.3, 0.4) is 0 Å². The second kappa shape index (κ2) is 12.8. The van der Waals surface area contributed by atoms with Gasteiger partial charge in [-0.05, 0) is 92.0 Å². The molecule has 270 valence electrons. The number of furan rings is 1. The van der Waals surface area contributed by atoms with Crippen molar-refractivity contribution in [3.63, 3.8) is 0 Å². The summed E-state index contributed by atoms with van der Waals surface area (Å²) < 4.78 is 12.7. The summed E-state index contributed by atoms with van der Waals surface area (Å²) in [5.74, 6) is 2.39. The zero-order chi connectivity index (χ0) is 38.2. The van der Waals surface area contributed by atoms with Crippen LogP contribution in [0.5, 0.6) is 0 Å². The second-order valence-corrected chi connectivity index (χ2v) is 14.6. The van der Waals surface area contributed by atoms with Crippen molar-refractivity contribution in [1.29, 1.82) is 0 Å². The molecule has 0 bridgehead atoms. The van der Waals surface area contributed by atoms with E-state index in [1.54, 1.807) is 0 Å². The van der Waals surface area contributed by atoms with Crippen molar-refractivity contribution in [3.05, 3.63) is 182 Å². The minimum atomic E-state index is 0.579. The average molecular weight is 743 g/mol. The van der Waals surface area contributed by atoms with Crippen LogP contribution in [0.1, 0.15) is 0 Å². The van der Waals surface area contributed by atoms with Gasteiger partial charge in [-0.25, -0.2) is 19.9 Å². The fourth-order valence-electron chi connectivity index (χ4n) is 8.38. The Morgan fingerprint density at radius 3 is 1.74 bits per heavy atom. The molecule has 0 radical (unpaired) electrons. The molecule has 0 aliphatic heterocycles. The third-order valence-corrected chi connectivity index (χ3v) is 11.1. The van der Waals surface area contributed by atoms with Crippen LogP contribution in [0, 0.1) is 0 Å². The number of benzene rings is 9. The lowest BCUT2D eigenvalue weighted by Gasteiger charge is -2.13. The van der Waals surface area contributed by atoms with Crippen LogP contribution in [0.25, 0.3) is 122 Å². The van der Waals surface area contributed by atoms with Gasteiger partial charge in [0.05, 0.1) is 5.39 Å². The van der Waals surface area contributed by atoms with Crippen LogP contribution in [0.2, 0.25) is 0 Å². The van der Waals surface area contributed by atoms with Gasteiger partial charge in [-0.1, -0.05) is 133 Å². The molecule has 0 aliphatic carbocycles. The van der Waals surface area contributed by atoms with Gasteiger partial charge in [0.2, 0.25) is 5.89 Å². The molecular formula is C52H30N4O2. The maximum Gasteiger partial charge on any atom is 0.227 e. The highest BCUT2D eigenvalue weighted by Gasteiger charge is 2.20. The summed E-state index contributed by atoms with van der Waals surface area (Å²) >= 11 is 0. The fraction of sp³-hybridized carbons (Fsp3) is 0. The molecule has 6 heteroatoms. The third kappa shape index (κ3) is 5.20. The van der Waals surface area contributed by atoms with E-state index in [1.165, 1.54) is 5.39 Å². The highest BCUT2D eigenvalue weighted by Crippen LogP contribution is 2.41. The first-order valence-electron chi connectivity index (χ1n) is 19.3. The summed E-state index contributed by atoms with van der Waals surface area (Å²) in [6, 6.07) is 62.4. The van der Waals surface area contributed by atoms with Crippen LogP contribution in [0.15, 0.2) is 191 Å². The minimum absolute atomic E-state index is 0.579. The molecule has 0 amide bonds. The molecule has 3 aromatic heterocycles. The molecule has 9 aromatic carbocycles. The Hall–Kier alpha value is -7.96. The van der Waals surface area contributed by atoms with Crippen molar-refractivity contribution >= 4 is 65.4 Å².